The first kappa shape index (κ1) is 19.8. The molecule has 3 rings (SSSR count). The van der Waals surface area contributed by atoms with Crippen molar-refractivity contribution in [2.24, 2.45) is 0 Å². The van der Waals surface area contributed by atoms with Crippen LogP contribution in [-0.4, -0.2) is 22.4 Å². The number of amides is 1. The Labute approximate surface area is 168 Å². The first-order valence-corrected chi connectivity index (χ1v) is 9.24. The van der Waals surface area contributed by atoms with Crippen LogP contribution >= 0.6 is 11.6 Å². The van der Waals surface area contributed by atoms with Gasteiger partial charge in [0, 0.05) is 29.7 Å². The summed E-state index contributed by atoms with van der Waals surface area (Å²) in [5.74, 6) is 0.343. The van der Waals surface area contributed by atoms with Gasteiger partial charge in [-0.05, 0) is 37.1 Å². The molecule has 28 heavy (non-hydrogen) atoms. The molecule has 0 saturated heterocycles. The fraction of sp³-hybridized carbons (Fsp3) is 0.190. The van der Waals surface area contributed by atoms with Gasteiger partial charge in [0.05, 0.1) is 0 Å². The van der Waals surface area contributed by atoms with Gasteiger partial charge in [0.25, 0.3) is 5.91 Å². The van der Waals surface area contributed by atoms with Crippen molar-refractivity contribution in [3.8, 4) is 0 Å². The Balaban J connectivity index is 1.60. The average Bonchev–Trinajstić information content (AvgIpc) is 2.67. The van der Waals surface area contributed by atoms with E-state index in [1.807, 2.05) is 24.3 Å². The van der Waals surface area contributed by atoms with Crippen LogP contribution in [0, 0.1) is 12.7 Å². The Kier molecular flexibility index (Phi) is 6.55. The van der Waals surface area contributed by atoms with Crippen LogP contribution in [0.15, 0.2) is 54.6 Å². The minimum Gasteiger partial charge on any atom is -0.366 e. The summed E-state index contributed by atoms with van der Waals surface area (Å²) < 4.78 is 13.7. The molecule has 0 radical (unpaired) electrons. The highest BCUT2D eigenvalue weighted by molar-refractivity contribution is 6.30. The van der Waals surface area contributed by atoms with Crippen molar-refractivity contribution in [3.05, 3.63) is 88.1 Å². The average molecular weight is 399 g/mol. The fourth-order valence-electron chi connectivity index (χ4n) is 2.71. The zero-order valence-corrected chi connectivity index (χ0v) is 16.1. The monoisotopic (exact) mass is 398 g/mol. The second kappa shape index (κ2) is 9.28. The van der Waals surface area contributed by atoms with Crippen LogP contribution in [0.25, 0.3) is 0 Å². The molecule has 0 aliphatic carbocycles. The van der Waals surface area contributed by atoms with E-state index in [-0.39, 0.29) is 24.0 Å². The summed E-state index contributed by atoms with van der Waals surface area (Å²) >= 11 is 5.97. The summed E-state index contributed by atoms with van der Waals surface area (Å²) in [5.41, 5.74) is 1.82. The number of hydrogen-bond acceptors (Lipinski definition) is 4. The van der Waals surface area contributed by atoms with Gasteiger partial charge in [-0.1, -0.05) is 41.9 Å². The Morgan fingerprint density at radius 3 is 2.71 bits per heavy atom. The Morgan fingerprint density at radius 1 is 1.11 bits per heavy atom. The third-order valence-electron chi connectivity index (χ3n) is 4.08. The molecule has 5 nitrogen and oxygen atoms in total. The van der Waals surface area contributed by atoms with E-state index in [4.69, 9.17) is 11.6 Å². The second-order valence-electron chi connectivity index (χ2n) is 6.27. The van der Waals surface area contributed by atoms with Crippen LogP contribution in [0.3, 0.4) is 0 Å². The van der Waals surface area contributed by atoms with E-state index in [0.29, 0.717) is 35.2 Å². The number of hydrogen-bond donors (Lipinski definition) is 2. The van der Waals surface area contributed by atoms with Crippen LogP contribution < -0.4 is 10.6 Å². The number of aromatic nitrogens is 2. The predicted octanol–water partition coefficient (Wildman–Crippen LogP) is 4.16. The lowest BCUT2D eigenvalue weighted by atomic mass is 10.1. The van der Waals surface area contributed by atoms with Crippen LogP contribution in [-0.2, 0) is 13.0 Å². The van der Waals surface area contributed by atoms with Crippen molar-refractivity contribution in [2.75, 3.05) is 11.9 Å². The molecule has 0 aliphatic heterocycles. The lowest BCUT2D eigenvalue weighted by molar-refractivity contribution is 0.0949. The number of rotatable bonds is 7. The molecule has 0 unspecified atom stereocenters. The lowest BCUT2D eigenvalue weighted by Crippen LogP contribution is -2.27. The molecule has 1 heterocycles. The van der Waals surface area contributed by atoms with Gasteiger partial charge in [-0.15, -0.1) is 0 Å². The molecular formula is C21H20ClFN4O. The maximum absolute atomic E-state index is 13.7. The topological polar surface area (TPSA) is 66.9 Å². The van der Waals surface area contributed by atoms with E-state index in [1.54, 1.807) is 31.2 Å². The van der Waals surface area contributed by atoms with Crippen LogP contribution in [0.5, 0.6) is 0 Å². The van der Waals surface area contributed by atoms with Gasteiger partial charge < -0.3 is 10.6 Å². The molecule has 0 fully saturated rings. The highest BCUT2D eigenvalue weighted by Crippen LogP contribution is 2.12. The van der Waals surface area contributed by atoms with Gasteiger partial charge in [-0.3, -0.25) is 4.79 Å². The van der Waals surface area contributed by atoms with Gasteiger partial charge >= 0.3 is 0 Å². The molecule has 3 aromatic rings. The number of carbonyl (C=O) groups excluding carboxylic acids is 1. The predicted molar refractivity (Wildman–Crippen MR) is 108 cm³/mol. The summed E-state index contributed by atoms with van der Waals surface area (Å²) in [6.45, 7) is 2.43. The third kappa shape index (κ3) is 5.50. The fourth-order valence-corrected chi connectivity index (χ4v) is 2.92. The molecule has 1 aromatic heterocycles. The quantitative estimate of drug-likeness (QED) is 0.627. The van der Waals surface area contributed by atoms with E-state index in [2.05, 4.69) is 20.6 Å². The van der Waals surface area contributed by atoms with E-state index in [9.17, 15) is 9.18 Å². The van der Waals surface area contributed by atoms with Crippen molar-refractivity contribution >= 4 is 23.3 Å². The second-order valence-corrected chi connectivity index (χ2v) is 6.70. The van der Waals surface area contributed by atoms with Crippen molar-refractivity contribution in [1.29, 1.82) is 0 Å². The molecule has 0 spiro atoms. The van der Waals surface area contributed by atoms with Gasteiger partial charge in [-0.25, -0.2) is 14.4 Å². The van der Waals surface area contributed by atoms with Gasteiger partial charge in [0.15, 0.2) is 0 Å². The summed E-state index contributed by atoms with van der Waals surface area (Å²) in [5, 5.41) is 6.55. The Hall–Kier alpha value is -2.99. The smallest absolute Gasteiger partial charge is 0.270 e. The zero-order chi connectivity index (χ0) is 19.9. The minimum absolute atomic E-state index is 0.259. The molecule has 0 bridgehead atoms. The summed E-state index contributed by atoms with van der Waals surface area (Å²) in [4.78, 5) is 20.9. The van der Waals surface area contributed by atoms with E-state index in [0.717, 1.165) is 5.56 Å². The molecular weight excluding hydrogens is 379 g/mol. The number of halogens is 2. The minimum atomic E-state index is -0.292. The van der Waals surface area contributed by atoms with Gasteiger partial charge in [0.1, 0.15) is 23.2 Å². The Bertz CT molecular complexity index is 980. The van der Waals surface area contributed by atoms with Gasteiger partial charge in [0.2, 0.25) is 0 Å². The molecule has 2 aromatic carbocycles. The molecule has 0 aliphatic rings. The van der Waals surface area contributed by atoms with Gasteiger partial charge in [-0.2, -0.15) is 0 Å². The molecule has 7 heteroatoms. The number of nitrogens with zero attached hydrogens (tertiary/aromatic N) is 2. The van der Waals surface area contributed by atoms with Crippen molar-refractivity contribution < 1.29 is 9.18 Å². The highest BCUT2D eigenvalue weighted by Gasteiger charge is 2.11. The maximum Gasteiger partial charge on any atom is 0.270 e. The van der Waals surface area contributed by atoms with Crippen molar-refractivity contribution in [3.63, 3.8) is 0 Å². The zero-order valence-electron chi connectivity index (χ0n) is 15.4. The number of benzene rings is 2. The number of nitrogens with one attached hydrogen (secondary N) is 2. The summed E-state index contributed by atoms with van der Waals surface area (Å²) in [6, 6.07) is 15.6. The first-order chi connectivity index (χ1) is 13.5. The van der Waals surface area contributed by atoms with Crippen LogP contribution in [0.2, 0.25) is 5.02 Å². The van der Waals surface area contributed by atoms with E-state index < -0.39 is 0 Å². The lowest BCUT2D eigenvalue weighted by Gasteiger charge is -2.10. The van der Waals surface area contributed by atoms with Crippen molar-refractivity contribution in [2.45, 2.75) is 19.9 Å². The molecule has 2 N–H and O–H groups in total. The number of aryl methyl sites for hydroxylation is 1. The maximum atomic E-state index is 13.7. The highest BCUT2D eigenvalue weighted by atomic mass is 35.5. The number of anilines is 1. The molecule has 1 amide bonds. The third-order valence-corrected chi connectivity index (χ3v) is 4.31. The standard InChI is InChI=1S/C21H20ClFN4O/c1-14-26-19(21(28)24-10-9-15-5-4-7-17(22)11-15)12-20(27-14)25-13-16-6-2-3-8-18(16)23/h2-8,11-12H,9-10,13H2,1H3,(H,24,28)(H,25,26,27). The molecule has 0 saturated carbocycles. The summed E-state index contributed by atoms with van der Waals surface area (Å²) in [7, 11) is 0. The number of carbonyl (C=O) groups is 1. The largest absolute Gasteiger partial charge is 0.366 e. The van der Waals surface area contributed by atoms with Crippen molar-refractivity contribution in [1.82, 2.24) is 15.3 Å². The van der Waals surface area contributed by atoms with Crippen LogP contribution in [0.1, 0.15) is 27.4 Å². The molecule has 0 atom stereocenters. The van der Waals surface area contributed by atoms with Crippen LogP contribution in [0.4, 0.5) is 10.2 Å². The molecule has 144 valence electrons. The van der Waals surface area contributed by atoms with E-state index in [1.165, 1.54) is 6.07 Å². The van der Waals surface area contributed by atoms with E-state index >= 15 is 0 Å². The SMILES string of the molecule is Cc1nc(NCc2ccccc2F)cc(C(=O)NCCc2cccc(Cl)c2)n1. The summed E-state index contributed by atoms with van der Waals surface area (Å²) in [6.07, 6.45) is 0.661. The normalized spacial score (nSPS) is 10.5. The first-order valence-electron chi connectivity index (χ1n) is 8.87. The Morgan fingerprint density at radius 2 is 1.93 bits per heavy atom.